The molecule has 0 aromatic carbocycles. The van der Waals surface area contributed by atoms with Crippen LogP contribution in [-0.2, 0) is 4.79 Å². The van der Waals surface area contributed by atoms with Crippen molar-refractivity contribution in [2.24, 2.45) is 0 Å². The van der Waals surface area contributed by atoms with Gasteiger partial charge in [0.1, 0.15) is 11.5 Å². The first-order chi connectivity index (χ1) is 11.0. The number of amides is 1. The molecular weight excluding hydrogens is 316 g/mol. The number of hydrogen-bond acceptors (Lipinski definition) is 5. The fourth-order valence-electron chi connectivity index (χ4n) is 3.03. The van der Waals surface area contributed by atoms with Crippen LogP contribution in [0.15, 0.2) is 21.9 Å². The highest BCUT2D eigenvalue weighted by atomic mass is 32.1. The van der Waals surface area contributed by atoms with Crippen molar-refractivity contribution in [2.45, 2.75) is 44.6 Å². The van der Waals surface area contributed by atoms with Crippen molar-refractivity contribution < 1.29 is 19.1 Å². The number of aliphatic carboxylic acids is 1. The van der Waals surface area contributed by atoms with Crippen LogP contribution in [0.3, 0.4) is 0 Å². The Balaban J connectivity index is 1.75. The molecule has 0 saturated heterocycles. The fraction of sp³-hybridized carbons (Fsp3) is 0.438. The molecule has 2 aromatic heterocycles. The molecule has 2 heterocycles. The molecule has 122 valence electrons. The number of rotatable bonds is 5. The van der Waals surface area contributed by atoms with E-state index in [4.69, 9.17) is 9.52 Å². The second kappa shape index (κ2) is 6.16. The van der Waals surface area contributed by atoms with Crippen molar-refractivity contribution in [3.8, 4) is 10.8 Å². The van der Waals surface area contributed by atoms with E-state index in [-0.39, 0.29) is 12.3 Å². The standard InChI is InChI=1S/C16H18N2O4S/c1-10-4-5-12(22-10)15-17-11(9-23-15)14(21)18-16(8-13(19)20)6-2-3-7-16/h4-5,9H,2-3,6-8H2,1H3,(H,18,21)(H,19,20). The van der Waals surface area contributed by atoms with E-state index in [1.54, 1.807) is 5.38 Å². The third-order valence-corrected chi connectivity index (χ3v) is 4.97. The molecule has 0 bridgehead atoms. The van der Waals surface area contributed by atoms with Crippen LogP contribution in [0.5, 0.6) is 0 Å². The zero-order chi connectivity index (χ0) is 16.4. The van der Waals surface area contributed by atoms with Crippen molar-refractivity contribution in [2.75, 3.05) is 0 Å². The molecule has 1 aliphatic rings. The van der Waals surface area contributed by atoms with Gasteiger partial charge in [0.2, 0.25) is 0 Å². The summed E-state index contributed by atoms with van der Waals surface area (Å²) < 4.78 is 5.51. The number of carboxylic acids is 1. The molecule has 6 nitrogen and oxygen atoms in total. The normalized spacial score (nSPS) is 16.4. The smallest absolute Gasteiger partial charge is 0.305 e. The quantitative estimate of drug-likeness (QED) is 0.876. The molecule has 3 rings (SSSR count). The number of aryl methyl sites for hydroxylation is 1. The van der Waals surface area contributed by atoms with Crippen LogP contribution >= 0.6 is 11.3 Å². The van der Waals surface area contributed by atoms with E-state index in [2.05, 4.69) is 10.3 Å². The molecule has 2 N–H and O–H groups in total. The summed E-state index contributed by atoms with van der Waals surface area (Å²) in [5.41, 5.74) is -0.343. The molecule has 0 aliphatic heterocycles. The van der Waals surface area contributed by atoms with Gasteiger partial charge in [0.25, 0.3) is 5.91 Å². The van der Waals surface area contributed by atoms with E-state index in [0.717, 1.165) is 18.6 Å². The predicted molar refractivity (Wildman–Crippen MR) is 85.5 cm³/mol. The van der Waals surface area contributed by atoms with Crippen molar-refractivity contribution >= 4 is 23.2 Å². The van der Waals surface area contributed by atoms with Crippen LogP contribution in [0.25, 0.3) is 10.8 Å². The zero-order valence-electron chi connectivity index (χ0n) is 12.8. The Kier molecular flexibility index (Phi) is 4.21. The summed E-state index contributed by atoms with van der Waals surface area (Å²) in [7, 11) is 0. The molecule has 1 amide bonds. The van der Waals surface area contributed by atoms with Gasteiger partial charge in [0, 0.05) is 5.38 Å². The van der Waals surface area contributed by atoms with Gasteiger partial charge >= 0.3 is 5.97 Å². The summed E-state index contributed by atoms with van der Waals surface area (Å²) in [5.74, 6) is 0.205. The van der Waals surface area contributed by atoms with Gasteiger partial charge < -0.3 is 14.8 Å². The third kappa shape index (κ3) is 3.44. The van der Waals surface area contributed by atoms with E-state index in [1.807, 2.05) is 19.1 Å². The fourth-order valence-corrected chi connectivity index (χ4v) is 3.79. The molecule has 7 heteroatoms. The van der Waals surface area contributed by atoms with E-state index < -0.39 is 11.5 Å². The maximum Gasteiger partial charge on any atom is 0.305 e. The number of aromatic nitrogens is 1. The van der Waals surface area contributed by atoms with Gasteiger partial charge in [-0.25, -0.2) is 4.98 Å². The highest BCUT2D eigenvalue weighted by Gasteiger charge is 2.38. The predicted octanol–water partition coefficient (Wildman–Crippen LogP) is 3.23. The van der Waals surface area contributed by atoms with Crippen LogP contribution < -0.4 is 5.32 Å². The first-order valence-corrected chi connectivity index (χ1v) is 8.42. The lowest BCUT2D eigenvalue weighted by atomic mass is 9.93. The lowest BCUT2D eigenvalue weighted by Crippen LogP contribution is -2.47. The van der Waals surface area contributed by atoms with Gasteiger partial charge in [-0.2, -0.15) is 0 Å². The van der Waals surface area contributed by atoms with Gasteiger partial charge in [0.15, 0.2) is 10.8 Å². The Labute approximate surface area is 137 Å². The van der Waals surface area contributed by atoms with Crippen molar-refractivity contribution in [1.82, 2.24) is 10.3 Å². The van der Waals surface area contributed by atoms with Crippen LogP contribution in [0.4, 0.5) is 0 Å². The number of carbonyl (C=O) groups excluding carboxylic acids is 1. The van der Waals surface area contributed by atoms with Crippen molar-refractivity contribution in [3.05, 3.63) is 29.0 Å². The summed E-state index contributed by atoms with van der Waals surface area (Å²) in [4.78, 5) is 27.9. The third-order valence-electron chi connectivity index (χ3n) is 4.12. The second-order valence-electron chi connectivity index (χ2n) is 5.96. The molecule has 0 unspecified atom stereocenters. The molecule has 0 atom stereocenters. The number of nitrogens with zero attached hydrogens (tertiary/aromatic N) is 1. The molecule has 23 heavy (non-hydrogen) atoms. The Morgan fingerprint density at radius 1 is 1.39 bits per heavy atom. The maximum absolute atomic E-state index is 12.4. The summed E-state index contributed by atoms with van der Waals surface area (Å²) in [6.07, 6.45) is 3.20. The van der Waals surface area contributed by atoms with E-state index in [0.29, 0.717) is 29.3 Å². The molecule has 2 aromatic rings. The lowest BCUT2D eigenvalue weighted by Gasteiger charge is -2.28. The second-order valence-corrected chi connectivity index (χ2v) is 6.82. The monoisotopic (exact) mass is 334 g/mol. The lowest BCUT2D eigenvalue weighted by molar-refractivity contribution is -0.138. The summed E-state index contributed by atoms with van der Waals surface area (Å²) in [6, 6.07) is 3.66. The van der Waals surface area contributed by atoms with Gasteiger partial charge in [-0.15, -0.1) is 11.3 Å². The highest BCUT2D eigenvalue weighted by molar-refractivity contribution is 7.13. The van der Waals surface area contributed by atoms with Gasteiger partial charge in [-0.1, -0.05) is 12.8 Å². The summed E-state index contributed by atoms with van der Waals surface area (Å²) in [6.45, 7) is 1.85. The van der Waals surface area contributed by atoms with Crippen LogP contribution in [0, 0.1) is 6.92 Å². The molecule has 1 saturated carbocycles. The highest BCUT2D eigenvalue weighted by Crippen LogP contribution is 2.33. The van der Waals surface area contributed by atoms with E-state index in [9.17, 15) is 9.59 Å². The Hall–Kier alpha value is -2.15. The minimum atomic E-state index is -0.891. The van der Waals surface area contributed by atoms with E-state index in [1.165, 1.54) is 11.3 Å². The van der Waals surface area contributed by atoms with Crippen LogP contribution in [0.1, 0.15) is 48.4 Å². The SMILES string of the molecule is Cc1ccc(-c2nc(C(=O)NC3(CC(=O)O)CCCC3)cs2)o1. The summed E-state index contributed by atoms with van der Waals surface area (Å²) in [5, 5.41) is 14.3. The zero-order valence-corrected chi connectivity index (χ0v) is 13.6. The largest absolute Gasteiger partial charge is 0.481 e. The summed E-state index contributed by atoms with van der Waals surface area (Å²) >= 11 is 1.33. The average molecular weight is 334 g/mol. The Bertz CT molecular complexity index is 728. The number of furan rings is 1. The minimum absolute atomic E-state index is 0.0485. The molecular formula is C16H18N2O4S. The molecule has 1 aliphatic carbocycles. The van der Waals surface area contributed by atoms with Crippen LogP contribution in [-0.4, -0.2) is 27.5 Å². The van der Waals surface area contributed by atoms with Crippen molar-refractivity contribution in [3.63, 3.8) is 0 Å². The Morgan fingerprint density at radius 3 is 2.74 bits per heavy atom. The maximum atomic E-state index is 12.4. The molecule has 0 spiro atoms. The van der Waals surface area contributed by atoms with Gasteiger partial charge in [0.05, 0.1) is 12.0 Å². The van der Waals surface area contributed by atoms with Gasteiger partial charge in [-0.3, -0.25) is 9.59 Å². The number of nitrogens with one attached hydrogen (secondary N) is 1. The van der Waals surface area contributed by atoms with Gasteiger partial charge in [-0.05, 0) is 31.9 Å². The number of carboxylic acid groups (broad SMARTS) is 1. The topological polar surface area (TPSA) is 92.4 Å². The first-order valence-electron chi connectivity index (χ1n) is 7.54. The number of hydrogen-bond donors (Lipinski definition) is 2. The van der Waals surface area contributed by atoms with Crippen molar-refractivity contribution in [1.29, 1.82) is 0 Å². The first kappa shape index (κ1) is 15.7. The molecule has 0 radical (unpaired) electrons. The van der Waals surface area contributed by atoms with E-state index >= 15 is 0 Å². The van der Waals surface area contributed by atoms with Crippen LogP contribution in [0.2, 0.25) is 0 Å². The molecule has 1 fully saturated rings. The average Bonchev–Trinajstić information content (AvgIpc) is 3.18. The number of thiazole rings is 1. The minimum Gasteiger partial charge on any atom is -0.481 e. The number of carbonyl (C=O) groups is 2. The Morgan fingerprint density at radius 2 is 2.13 bits per heavy atom.